The van der Waals surface area contributed by atoms with Crippen LogP contribution in [0.4, 0.5) is 29.3 Å². The summed E-state index contributed by atoms with van der Waals surface area (Å²) >= 11 is 0. The highest BCUT2D eigenvalue weighted by molar-refractivity contribution is 5.67. The Morgan fingerprint density at radius 2 is 0.778 bits per heavy atom. The highest BCUT2D eigenvalue weighted by atomic mass is 19.4. The smallest absolute Gasteiger partial charge is 0.0666 e. The second kappa shape index (κ2) is 4.95. The van der Waals surface area contributed by atoms with E-state index in [0.29, 0.717) is 11.1 Å². The SMILES string of the molecule is FN(F)c1ccc(-c2ccc(N(F)F)cc2)cc1. The lowest BCUT2D eigenvalue weighted by atomic mass is 10.1. The van der Waals surface area contributed by atoms with Crippen molar-refractivity contribution in [3.63, 3.8) is 0 Å². The van der Waals surface area contributed by atoms with Crippen LogP contribution in [0.5, 0.6) is 0 Å². The minimum atomic E-state index is -0.989. The van der Waals surface area contributed by atoms with Crippen LogP contribution in [-0.4, -0.2) is 0 Å². The fraction of sp³-hybridized carbons (Fsp3) is 0. The summed E-state index contributed by atoms with van der Waals surface area (Å²) < 4.78 is 48.7. The van der Waals surface area contributed by atoms with Gasteiger partial charge in [0, 0.05) is 0 Å². The van der Waals surface area contributed by atoms with Gasteiger partial charge in [-0.05, 0) is 46.1 Å². The second-order valence-electron chi connectivity index (χ2n) is 3.56. The zero-order valence-electron chi connectivity index (χ0n) is 9.03. The van der Waals surface area contributed by atoms with Gasteiger partial charge in [0.05, 0.1) is 0 Å². The maximum absolute atomic E-state index is 12.2. The Labute approximate surface area is 100 Å². The number of halogens is 4. The lowest BCUT2D eigenvalue weighted by Gasteiger charge is -2.06. The first-order valence-corrected chi connectivity index (χ1v) is 5.02. The monoisotopic (exact) mass is 256 g/mol. The molecule has 6 heteroatoms. The predicted molar refractivity (Wildman–Crippen MR) is 61.3 cm³/mol. The fourth-order valence-corrected chi connectivity index (χ4v) is 1.53. The van der Waals surface area contributed by atoms with Crippen LogP contribution in [0.15, 0.2) is 48.5 Å². The van der Waals surface area contributed by atoms with Crippen LogP contribution in [0.3, 0.4) is 0 Å². The predicted octanol–water partition coefficient (Wildman–Crippen LogP) is 4.50. The molecule has 0 aliphatic rings. The lowest BCUT2D eigenvalue weighted by molar-refractivity contribution is 0.234. The minimum absolute atomic E-state index is 0.228. The van der Waals surface area contributed by atoms with Crippen molar-refractivity contribution in [3.8, 4) is 11.1 Å². The van der Waals surface area contributed by atoms with Gasteiger partial charge in [-0.15, -0.1) is 0 Å². The zero-order chi connectivity index (χ0) is 13.1. The highest BCUT2D eigenvalue weighted by Gasteiger charge is 2.05. The van der Waals surface area contributed by atoms with Gasteiger partial charge in [0.25, 0.3) is 0 Å². The molecule has 0 atom stereocenters. The van der Waals surface area contributed by atoms with Crippen LogP contribution in [0, 0.1) is 0 Å². The molecule has 94 valence electrons. The molecule has 2 aromatic carbocycles. The van der Waals surface area contributed by atoms with Gasteiger partial charge in [0.1, 0.15) is 11.4 Å². The third-order valence-electron chi connectivity index (χ3n) is 2.46. The van der Waals surface area contributed by atoms with Crippen LogP contribution in [0.1, 0.15) is 0 Å². The molecular formula is C12H8F4N2. The lowest BCUT2D eigenvalue weighted by Crippen LogP contribution is -1.95. The molecule has 0 aromatic heterocycles. The average molecular weight is 256 g/mol. The van der Waals surface area contributed by atoms with E-state index < -0.39 is 10.7 Å². The van der Waals surface area contributed by atoms with E-state index in [1.165, 1.54) is 48.5 Å². The van der Waals surface area contributed by atoms with Gasteiger partial charge in [0.15, 0.2) is 0 Å². The summed E-state index contributed by atoms with van der Waals surface area (Å²) in [6.45, 7) is 0. The van der Waals surface area contributed by atoms with Crippen molar-refractivity contribution in [2.45, 2.75) is 0 Å². The van der Waals surface area contributed by atoms with E-state index in [1.807, 2.05) is 0 Å². The van der Waals surface area contributed by atoms with Gasteiger partial charge < -0.3 is 0 Å². The van der Waals surface area contributed by atoms with E-state index in [9.17, 15) is 17.9 Å². The second-order valence-corrected chi connectivity index (χ2v) is 3.56. The van der Waals surface area contributed by atoms with E-state index in [-0.39, 0.29) is 11.4 Å². The molecule has 0 saturated heterocycles. The normalized spacial score (nSPS) is 10.2. The first-order chi connectivity index (χ1) is 8.58. The molecule has 2 nitrogen and oxygen atoms in total. The van der Waals surface area contributed by atoms with Crippen molar-refractivity contribution >= 4 is 11.4 Å². The summed E-state index contributed by atoms with van der Waals surface area (Å²) in [4.78, 5) is 0. The molecule has 2 aromatic rings. The van der Waals surface area contributed by atoms with Gasteiger partial charge in [-0.1, -0.05) is 42.2 Å². The number of benzene rings is 2. The minimum Gasteiger partial charge on any atom is -0.0666 e. The third-order valence-corrected chi connectivity index (χ3v) is 2.46. The molecule has 0 amide bonds. The molecule has 0 aliphatic heterocycles. The molecule has 0 bridgehead atoms. The van der Waals surface area contributed by atoms with Crippen molar-refractivity contribution < 1.29 is 17.9 Å². The Bertz CT molecular complexity index is 459. The molecule has 0 radical (unpaired) electrons. The number of hydrogen-bond acceptors (Lipinski definition) is 2. The van der Waals surface area contributed by atoms with Crippen LogP contribution >= 0.6 is 0 Å². The molecule has 0 spiro atoms. The molecule has 0 aliphatic carbocycles. The number of rotatable bonds is 3. The number of anilines is 2. The first kappa shape index (κ1) is 12.2. The van der Waals surface area contributed by atoms with Crippen molar-refractivity contribution in [3.05, 3.63) is 48.5 Å². The summed E-state index contributed by atoms with van der Waals surface area (Å²) in [5.74, 6) is 0. The van der Waals surface area contributed by atoms with E-state index in [2.05, 4.69) is 0 Å². The van der Waals surface area contributed by atoms with Crippen molar-refractivity contribution in [1.82, 2.24) is 0 Å². The molecule has 0 saturated carbocycles. The van der Waals surface area contributed by atoms with E-state index in [0.717, 1.165) is 0 Å². The molecular weight excluding hydrogens is 248 g/mol. The zero-order valence-corrected chi connectivity index (χ0v) is 9.03. The van der Waals surface area contributed by atoms with E-state index >= 15 is 0 Å². The maximum atomic E-state index is 12.2. The molecule has 0 fully saturated rings. The molecule has 0 N–H and O–H groups in total. The topological polar surface area (TPSA) is 6.48 Å². The van der Waals surface area contributed by atoms with Gasteiger partial charge >= 0.3 is 0 Å². The summed E-state index contributed by atoms with van der Waals surface area (Å²) in [6.07, 6.45) is 0. The molecule has 2 rings (SSSR count). The molecule has 0 heterocycles. The summed E-state index contributed by atoms with van der Waals surface area (Å²) in [7, 11) is 0. The Morgan fingerprint density at radius 1 is 0.500 bits per heavy atom. The molecule has 0 unspecified atom stereocenters. The Morgan fingerprint density at radius 3 is 1.00 bits per heavy atom. The highest BCUT2D eigenvalue weighted by Crippen LogP contribution is 2.26. The van der Waals surface area contributed by atoms with Crippen molar-refractivity contribution in [2.75, 3.05) is 10.7 Å². The Balaban J connectivity index is 2.25. The fourth-order valence-electron chi connectivity index (χ4n) is 1.53. The average Bonchev–Trinajstić information content (AvgIpc) is 2.39. The van der Waals surface area contributed by atoms with Crippen LogP contribution < -0.4 is 10.7 Å². The largest absolute Gasteiger partial charge is 0.105 e. The van der Waals surface area contributed by atoms with Gasteiger partial charge in [-0.2, -0.15) is 0 Å². The third kappa shape index (κ3) is 2.53. The number of hydrogen-bond donors (Lipinski definition) is 0. The summed E-state index contributed by atoms with van der Waals surface area (Å²) in [5, 5.41) is -1.98. The summed E-state index contributed by atoms with van der Waals surface area (Å²) in [6, 6.07) is 11.0. The maximum Gasteiger partial charge on any atom is 0.105 e. The number of nitrogens with zero attached hydrogens (tertiary/aromatic N) is 2. The first-order valence-electron chi connectivity index (χ1n) is 5.02. The van der Waals surface area contributed by atoms with Crippen LogP contribution in [-0.2, 0) is 0 Å². The van der Waals surface area contributed by atoms with Crippen molar-refractivity contribution in [1.29, 1.82) is 0 Å². The van der Waals surface area contributed by atoms with Gasteiger partial charge in [0.2, 0.25) is 0 Å². The Hall–Kier alpha value is -2.24. The van der Waals surface area contributed by atoms with Crippen LogP contribution in [0.25, 0.3) is 11.1 Å². The Kier molecular flexibility index (Phi) is 3.36. The van der Waals surface area contributed by atoms with Crippen molar-refractivity contribution in [2.24, 2.45) is 0 Å². The van der Waals surface area contributed by atoms with Crippen LogP contribution in [0.2, 0.25) is 0 Å². The van der Waals surface area contributed by atoms with Gasteiger partial charge in [-0.25, -0.2) is 0 Å². The molecule has 18 heavy (non-hydrogen) atoms. The van der Waals surface area contributed by atoms with Gasteiger partial charge in [-0.3, -0.25) is 0 Å². The summed E-state index contributed by atoms with van der Waals surface area (Å²) in [5.41, 5.74) is 0.899. The standard InChI is InChI=1S/C12H8F4N2/c13-17(14)11-5-1-9(2-6-11)10-3-7-12(8-4-10)18(15)16/h1-8H. The quantitative estimate of drug-likeness (QED) is 0.589. The van der Waals surface area contributed by atoms with E-state index in [1.54, 1.807) is 0 Å². The van der Waals surface area contributed by atoms with E-state index in [4.69, 9.17) is 0 Å².